The number of rotatable bonds is 5. The van der Waals surface area contributed by atoms with Gasteiger partial charge in [-0.2, -0.15) is 0 Å². The van der Waals surface area contributed by atoms with Gasteiger partial charge in [0.05, 0.1) is 19.2 Å². The number of halogens is 1. The van der Waals surface area contributed by atoms with Crippen molar-refractivity contribution >= 4 is 34.4 Å². The average molecular weight is 416 g/mol. The number of ether oxygens (including phenoxy) is 1. The first-order valence-corrected chi connectivity index (χ1v) is 9.41. The van der Waals surface area contributed by atoms with E-state index in [0.29, 0.717) is 27.8 Å². The van der Waals surface area contributed by atoms with Gasteiger partial charge in [-0.1, -0.05) is 11.6 Å². The molecule has 2 amide bonds. The normalized spacial score (nSPS) is 10.8. The van der Waals surface area contributed by atoms with Crippen molar-refractivity contribution in [1.82, 2.24) is 14.9 Å². The Morgan fingerprint density at radius 2 is 1.90 bits per heavy atom. The van der Waals surface area contributed by atoms with Gasteiger partial charge in [-0.15, -0.1) is 0 Å². The first-order chi connectivity index (χ1) is 13.9. The smallest absolute Gasteiger partial charge is 0.340 e. The number of hydrogen-bond donors (Lipinski definition) is 2. The van der Waals surface area contributed by atoms with Gasteiger partial charge in [-0.05, 0) is 61.4 Å². The molecule has 0 saturated heterocycles. The number of amides is 2. The van der Waals surface area contributed by atoms with Gasteiger partial charge in [0.25, 0.3) is 5.91 Å². The van der Waals surface area contributed by atoms with Crippen molar-refractivity contribution < 1.29 is 19.5 Å². The van der Waals surface area contributed by atoms with Crippen LogP contribution >= 0.6 is 11.6 Å². The molecule has 1 heterocycles. The SMILES string of the molecule is CNC(=O)N(O)CCc1c(C)n(C(=O)c2ccc(Cl)cc2)c2ccc(OC)cc12. The third-order valence-corrected chi connectivity index (χ3v) is 5.11. The van der Waals surface area contributed by atoms with Crippen molar-refractivity contribution in [2.45, 2.75) is 13.3 Å². The number of urea groups is 1. The van der Waals surface area contributed by atoms with Gasteiger partial charge in [0.15, 0.2) is 0 Å². The van der Waals surface area contributed by atoms with E-state index in [2.05, 4.69) is 5.32 Å². The Balaban J connectivity index is 2.08. The highest BCUT2D eigenvalue weighted by molar-refractivity contribution is 6.30. The van der Waals surface area contributed by atoms with Crippen LogP contribution in [-0.4, -0.2) is 47.5 Å². The minimum absolute atomic E-state index is 0.0754. The minimum Gasteiger partial charge on any atom is -0.497 e. The Labute approximate surface area is 173 Å². The summed E-state index contributed by atoms with van der Waals surface area (Å²) < 4.78 is 6.97. The zero-order valence-corrected chi connectivity index (χ0v) is 17.2. The molecule has 0 atom stereocenters. The molecule has 0 fully saturated rings. The minimum atomic E-state index is -0.596. The van der Waals surface area contributed by atoms with Crippen molar-refractivity contribution in [2.75, 3.05) is 20.7 Å². The second kappa shape index (κ2) is 8.55. The van der Waals surface area contributed by atoms with E-state index in [9.17, 15) is 14.8 Å². The van der Waals surface area contributed by atoms with Gasteiger partial charge in [0.1, 0.15) is 5.75 Å². The molecular weight excluding hydrogens is 394 g/mol. The van der Waals surface area contributed by atoms with Crippen LogP contribution in [0.3, 0.4) is 0 Å². The number of fused-ring (bicyclic) bond motifs is 1. The predicted octanol–water partition coefficient (Wildman–Crippen LogP) is 3.87. The molecule has 0 aliphatic heterocycles. The number of carbonyl (C=O) groups is 2. The number of hydroxylamine groups is 2. The van der Waals surface area contributed by atoms with Crippen LogP contribution in [-0.2, 0) is 6.42 Å². The number of methoxy groups -OCH3 is 1. The van der Waals surface area contributed by atoms with Crippen LogP contribution in [0.1, 0.15) is 21.6 Å². The molecule has 0 unspecified atom stereocenters. The third kappa shape index (κ3) is 4.06. The molecule has 1 aromatic heterocycles. The molecule has 2 N–H and O–H groups in total. The lowest BCUT2D eigenvalue weighted by molar-refractivity contribution is -0.0412. The van der Waals surface area contributed by atoms with E-state index in [4.69, 9.17) is 16.3 Å². The highest BCUT2D eigenvalue weighted by Crippen LogP contribution is 2.31. The molecular formula is C21H22ClN3O4. The van der Waals surface area contributed by atoms with Crippen LogP contribution in [0.15, 0.2) is 42.5 Å². The summed E-state index contributed by atoms with van der Waals surface area (Å²) in [5.41, 5.74) is 2.82. The van der Waals surface area contributed by atoms with Crippen LogP contribution < -0.4 is 10.1 Å². The largest absolute Gasteiger partial charge is 0.497 e. The number of aromatic nitrogens is 1. The van der Waals surface area contributed by atoms with Crippen molar-refractivity contribution in [3.8, 4) is 5.75 Å². The van der Waals surface area contributed by atoms with E-state index < -0.39 is 6.03 Å². The van der Waals surface area contributed by atoms with E-state index >= 15 is 0 Å². The van der Waals surface area contributed by atoms with E-state index in [-0.39, 0.29) is 12.5 Å². The fourth-order valence-electron chi connectivity index (χ4n) is 3.34. The summed E-state index contributed by atoms with van der Waals surface area (Å²) in [6.07, 6.45) is 0.361. The van der Waals surface area contributed by atoms with Crippen LogP contribution in [0.25, 0.3) is 10.9 Å². The monoisotopic (exact) mass is 415 g/mol. The molecule has 3 aromatic rings. The van der Waals surface area contributed by atoms with Crippen molar-refractivity contribution in [2.24, 2.45) is 0 Å². The van der Waals surface area contributed by atoms with Crippen molar-refractivity contribution in [3.63, 3.8) is 0 Å². The predicted molar refractivity (Wildman–Crippen MR) is 111 cm³/mol. The number of carbonyl (C=O) groups excluding carboxylic acids is 2. The summed E-state index contributed by atoms with van der Waals surface area (Å²) in [5, 5.41) is 14.2. The molecule has 29 heavy (non-hydrogen) atoms. The maximum Gasteiger partial charge on any atom is 0.340 e. The van der Waals surface area contributed by atoms with Gasteiger partial charge in [-0.3, -0.25) is 14.6 Å². The maximum atomic E-state index is 13.2. The van der Waals surface area contributed by atoms with E-state index in [1.54, 1.807) is 42.0 Å². The fourth-order valence-corrected chi connectivity index (χ4v) is 3.46. The number of nitrogens with zero attached hydrogens (tertiary/aromatic N) is 2. The van der Waals surface area contributed by atoms with Gasteiger partial charge in [0, 0.05) is 28.7 Å². The van der Waals surface area contributed by atoms with Gasteiger partial charge in [-0.25, -0.2) is 9.86 Å². The lowest BCUT2D eigenvalue weighted by atomic mass is 10.1. The summed E-state index contributed by atoms with van der Waals surface area (Å²) in [6.45, 7) is 1.92. The molecule has 2 aromatic carbocycles. The van der Waals surface area contributed by atoms with Crippen LogP contribution in [0.4, 0.5) is 4.79 Å². The summed E-state index contributed by atoms with van der Waals surface area (Å²) in [4.78, 5) is 24.8. The topological polar surface area (TPSA) is 83.8 Å². The Hall–Kier alpha value is -3.03. The molecule has 0 aliphatic rings. The second-order valence-electron chi connectivity index (χ2n) is 6.52. The highest BCUT2D eigenvalue weighted by atomic mass is 35.5. The zero-order chi connectivity index (χ0) is 21.1. The maximum absolute atomic E-state index is 13.2. The van der Waals surface area contributed by atoms with Crippen LogP contribution in [0, 0.1) is 6.92 Å². The van der Waals surface area contributed by atoms with Gasteiger partial charge < -0.3 is 10.1 Å². The summed E-state index contributed by atoms with van der Waals surface area (Å²) in [5.74, 6) is 0.467. The molecule has 0 radical (unpaired) electrons. The highest BCUT2D eigenvalue weighted by Gasteiger charge is 2.21. The van der Waals surface area contributed by atoms with Crippen molar-refractivity contribution in [1.29, 1.82) is 0 Å². The first-order valence-electron chi connectivity index (χ1n) is 9.03. The second-order valence-corrected chi connectivity index (χ2v) is 6.96. The van der Waals surface area contributed by atoms with Gasteiger partial charge in [0.2, 0.25) is 0 Å². The molecule has 8 heteroatoms. The van der Waals surface area contributed by atoms with Crippen LogP contribution in [0.5, 0.6) is 5.75 Å². The van der Waals surface area contributed by atoms with E-state index in [1.807, 2.05) is 19.1 Å². The molecule has 7 nitrogen and oxygen atoms in total. The average Bonchev–Trinajstić information content (AvgIpc) is 3.01. The summed E-state index contributed by atoms with van der Waals surface area (Å²) in [6, 6.07) is 11.6. The summed E-state index contributed by atoms with van der Waals surface area (Å²) in [7, 11) is 3.02. The Kier molecular flexibility index (Phi) is 6.10. The zero-order valence-electron chi connectivity index (χ0n) is 16.4. The van der Waals surface area contributed by atoms with E-state index in [0.717, 1.165) is 22.2 Å². The lowest BCUT2D eigenvalue weighted by Gasteiger charge is -2.14. The standard InChI is InChI=1S/C21H22ClN3O4/c1-13-17(10-11-24(28)21(27)23-2)18-12-16(29-3)8-9-19(18)25(13)20(26)14-4-6-15(22)7-5-14/h4-9,12,28H,10-11H2,1-3H3,(H,23,27). The van der Waals surface area contributed by atoms with E-state index in [1.165, 1.54) is 7.05 Å². The molecule has 0 bridgehead atoms. The van der Waals surface area contributed by atoms with Gasteiger partial charge >= 0.3 is 6.03 Å². The Morgan fingerprint density at radius 1 is 1.21 bits per heavy atom. The first kappa shape index (κ1) is 20.7. The third-order valence-electron chi connectivity index (χ3n) is 4.86. The molecule has 3 rings (SSSR count). The fraction of sp³-hybridized carbons (Fsp3) is 0.238. The Bertz CT molecular complexity index is 1060. The molecule has 0 spiro atoms. The van der Waals surface area contributed by atoms with Crippen LogP contribution in [0.2, 0.25) is 5.02 Å². The quantitative estimate of drug-likeness (QED) is 0.489. The number of nitrogens with one attached hydrogen (secondary N) is 1. The molecule has 0 aliphatic carbocycles. The molecule has 152 valence electrons. The number of hydrogen-bond acceptors (Lipinski definition) is 4. The summed E-state index contributed by atoms with van der Waals surface area (Å²) >= 11 is 5.94. The number of benzene rings is 2. The molecule has 0 saturated carbocycles. The lowest BCUT2D eigenvalue weighted by Crippen LogP contribution is -2.36. The van der Waals surface area contributed by atoms with Crippen molar-refractivity contribution in [3.05, 3.63) is 64.3 Å². The Morgan fingerprint density at radius 3 is 2.52 bits per heavy atom.